The molecule has 70 valence electrons. The van der Waals surface area contributed by atoms with Crippen LogP contribution in [-0.2, 0) is 0 Å². The fourth-order valence-corrected chi connectivity index (χ4v) is 2.85. The Labute approximate surface area is 74.1 Å². The van der Waals surface area contributed by atoms with Crippen molar-refractivity contribution in [2.45, 2.75) is 45.3 Å². The van der Waals surface area contributed by atoms with E-state index in [1.54, 1.807) is 0 Å². The first-order valence-corrected chi connectivity index (χ1v) is 4.83. The summed E-state index contributed by atoms with van der Waals surface area (Å²) in [7, 11) is 0. The summed E-state index contributed by atoms with van der Waals surface area (Å²) in [6, 6.07) is -0.0134. The van der Waals surface area contributed by atoms with Crippen LogP contribution in [0.2, 0.25) is 0 Å². The minimum absolute atomic E-state index is 0.0134. The molecule has 0 amide bonds. The van der Waals surface area contributed by atoms with Crippen molar-refractivity contribution >= 4 is 0 Å². The van der Waals surface area contributed by atoms with Gasteiger partial charge in [-0.25, -0.2) is 0 Å². The summed E-state index contributed by atoms with van der Waals surface area (Å²) < 4.78 is 0. The van der Waals surface area contributed by atoms with Crippen LogP contribution in [0.1, 0.15) is 33.6 Å². The van der Waals surface area contributed by atoms with E-state index in [1.807, 2.05) is 6.92 Å². The quantitative estimate of drug-likeness (QED) is 0.571. The molecule has 2 nitrogen and oxygen atoms in total. The van der Waals surface area contributed by atoms with E-state index in [4.69, 9.17) is 5.73 Å². The highest BCUT2D eigenvalue weighted by molar-refractivity contribution is 5.13. The second kappa shape index (κ2) is 2.05. The topological polar surface area (TPSA) is 46.2 Å². The van der Waals surface area contributed by atoms with E-state index >= 15 is 0 Å². The maximum atomic E-state index is 9.95. The summed E-state index contributed by atoms with van der Waals surface area (Å²) in [4.78, 5) is 0. The highest BCUT2D eigenvalue weighted by Crippen LogP contribution is 2.66. The number of rotatable bonds is 0. The Morgan fingerprint density at radius 3 is 2.33 bits per heavy atom. The van der Waals surface area contributed by atoms with Crippen molar-refractivity contribution in [1.82, 2.24) is 0 Å². The SMILES string of the molecule is CC1(C)[C@@H]2C[C@H](N)[C@@](C)(O)C[C@@H]21. The zero-order chi connectivity index (χ0) is 9.15. The van der Waals surface area contributed by atoms with Crippen LogP contribution in [0.3, 0.4) is 0 Å². The Morgan fingerprint density at radius 1 is 1.25 bits per heavy atom. The first kappa shape index (κ1) is 8.52. The standard InChI is InChI=1S/C10H19NO/c1-9(2)6-4-8(11)10(3,12)5-7(6)9/h6-8,12H,4-5,11H2,1-3H3/t6-,7+,8+,10+/m1/s1. The Kier molecular flexibility index (Phi) is 1.45. The van der Waals surface area contributed by atoms with Crippen molar-refractivity contribution in [3.8, 4) is 0 Å². The third-order valence-corrected chi connectivity index (χ3v) is 4.23. The average Bonchev–Trinajstić information content (AvgIpc) is 2.37. The van der Waals surface area contributed by atoms with E-state index in [0.717, 1.165) is 18.8 Å². The monoisotopic (exact) mass is 169 g/mol. The van der Waals surface area contributed by atoms with Crippen LogP contribution in [-0.4, -0.2) is 16.7 Å². The number of fused-ring (bicyclic) bond motifs is 1. The molecule has 0 aromatic carbocycles. The summed E-state index contributed by atoms with van der Waals surface area (Å²) >= 11 is 0. The molecule has 0 aliphatic heterocycles. The van der Waals surface area contributed by atoms with Gasteiger partial charge in [-0.1, -0.05) is 13.8 Å². The molecule has 2 fully saturated rings. The van der Waals surface area contributed by atoms with Crippen LogP contribution < -0.4 is 5.73 Å². The van der Waals surface area contributed by atoms with Gasteiger partial charge in [-0.05, 0) is 37.0 Å². The molecule has 2 rings (SSSR count). The lowest BCUT2D eigenvalue weighted by Gasteiger charge is -2.33. The molecule has 2 aliphatic carbocycles. The minimum atomic E-state index is -0.616. The van der Waals surface area contributed by atoms with Crippen molar-refractivity contribution in [2.24, 2.45) is 23.0 Å². The fraction of sp³-hybridized carbons (Fsp3) is 1.00. The minimum Gasteiger partial charge on any atom is -0.389 e. The Balaban J connectivity index is 2.14. The van der Waals surface area contributed by atoms with Gasteiger partial charge in [0.25, 0.3) is 0 Å². The summed E-state index contributed by atoms with van der Waals surface area (Å²) in [5, 5.41) is 9.95. The fourth-order valence-electron chi connectivity index (χ4n) is 2.85. The zero-order valence-corrected chi connectivity index (χ0v) is 8.17. The highest BCUT2D eigenvalue weighted by atomic mass is 16.3. The van der Waals surface area contributed by atoms with Crippen LogP contribution in [0.5, 0.6) is 0 Å². The van der Waals surface area contributed by atoms with E-state index in [9.17, 15) is 5.11 Å². The number of hydrogen-bond acceptors (Lipinski definition) is 2. The molecule has 12 heavy (non-hydrogen) atoms. The number of hydrogen-bond donors (Lipinski definition) is 2. The van der Waals surface area contributed by atoms with Gasteiger partial charge in [0.1, 0.15) is 0 Å². The molecule has 2 aliphatic rings. The summed E-state index contributed by atoms with van der Waals surface area (Å²) in [6.07, 6.45) is 1.90. The van der Waals surface area contributed by atoms with Crippen molar-refractivity contribution < 1.29 is 5.11 Å². The van der Waals surface area contributed by atoms with Crippen LogP contribution in [0.25, 0.3) is 0 Å². The molecule has 3 N–H and O–H groups in total. The molecule has 0 unspecified atom stereocenters. The van der Waals surface area contributed by atoms with Gasteiger partial charge in [-0.2, -0.15) is 0 Å². The highest BCUT2D eigenvalue weighted by Gasteiger charge is 2.63. The Hall–Kier alpha value is -0.0800. The Bertz CT molecular complexity index is 210. The first-order valence-electron chi connectivity index (χ1n) is 4.83. The predicted octanol–water partition coefficient (Wildman–Crippen LogP) is 1.13. The van der Waals surface area contributed by atoms with Gasteiger partial charge in [0.15, 0.2) is 0 Å². The van der Waals surface area contributed by atoms with E-state index in [0.29, 0.717) is 11.3 Å². The van der Waals surface area contributed by atoms with Crippen LogP contribution in [0, 0.1) is 17.3 Å². The van der Waals surface area contributed by atoms with Gasteiger partial charge in [0.05, 0.1) is 5.60 Å². The molecule has 4 atom stereocenters. The molecule has 0 saturated heterocycles. The Morgan fingerprint density at radius 2 is 1.83 bits per heavy atom. The third kappa shape index (κ3) is 0.944. The zero-order valence-electron chi connectivity index (χ0n) is 8.17. The molecular weight excluding hydrogens is 150 g/mol. The lowest BCUT2D eigenvalue weighted by Crippen LogP contribution is -2.48. The normalized spacial score (nSPS) is 56.2. The van der Waals surface area contributed by atoms with E-state index in [2.05, 4.69) is 13.8 Å². The largest absolute Gasteiger partial charge is 0.389 e. The lowest BCUT2D eigenvalue weighted by atomic mass is 9.82. The number of aliphatic hydroxyl groups is 1. The van der Waals surface area contributed by atoms with Gasteiger partial charge in [0.2, 0.25) is 0 Å². The van der Waals surface area contributed by atoms with E-state index in [1.165, 1.54) is 0 Å². The summed E-state index contributed by atoms with van der Waals surface area (Å²) in [5.74, 6) is 1.49. The van der Waals surface area contributed by atoms with Crippen molar-refractivity contribution in [3.05, 3.63) is 0 Å². The lowest BCUT2D eigenvalue weighted by molar-refractivity contribution is -0.000695. The maximum Gasteiger partial charge on any atom is 0.0773 e. The van der Waals surface area contributed by atoms with Crippen molar-refractivity contribution in [2.75, 3.05) is 0 Å². The molecule has 0 spiro atoms. The van der Waals surface area contributed by atoms with Crippen molar-refractivity contribution in [3.63, 3.8) is 0 Å². The predicted molar refractivity (Wildman–Crippen MR) is 48.6 cm³/mol. The van der Waals surface area contributed by atoms with Gasteiger partial charge in [-0.3, -0.25) is 0 Å². The van der Waals surface area contributed by atoms with Gasteiger partial charge >= 0.3 is 0 Å². The summed E-state index contributed by atoms with van der Waals surface area (Å²) in [5.41, 5.74) is 5.73. The molecule has 2 heteroatoms. The van der Waals surface area contributed by atoms with Crippen LogP contribution in [0.4, 0.5) is 0 Å². The average molecular weight is 169 g/mol. The smallest absolute Gasteiger partial charge is 0.0773 e. The number of nitrogens with two attached hydrogens (primary N) is 1. The van der Waals surface area contributed by atoms with Gasteiger partial charge in [-0.15, -0.1) is 0 Å². The molecule has 0 radical (unpaired) electrons. The third-order valence-electron chi connectivity index (χ3n) is 4.23. The second-order valence-corrected chi connectivity index (χ2v) is 5.44. The van der Waals surface area contributed by atoms with Gasteiger partial charge in [0, 0.05) is 6.04 Å². The summed E-state index contributed by atoms with van der Waals surface area (Å²) in [6.45, 7) is 6.45. The molecule has 2 saturated carbocycles. The first-order chi connectivity index (χ1) is 5.36. The van der Waals surface area contributed by atoms with Gasteiger partial charge < -0.3 is 10.8 Å². The van der Waals surface area contributed by atoms with E-state index < -0.39 is 5.60 Å². The molecule has 0 aromatic rings. The molecule has 0 aromatic heterocycles. The van der Waals surface area contributed by atoms with Crippen molar-refractivity contribution in [1.29, 1.82) is 0 Å². The second-order valence-electron chi connectivity index (χ2n) is 5.44. The maximum absolute atomic E-state index is 9.95. The van der Waals surface area contributed by atoms with E-state index in [-0.39, 0.29) is 6.04 Å². The molecule has 0 bridgehead atoms. The van der Waals surface area contributed by atoms with Crippen LogP contribution >= 0.6 is 0 Å². The molecular formula is C10H19NO. The van der Waals surface area contributed by atoms with Crippen LogP contribution in [0.15, 0.2) is 0 Å². The molecule has 0 heterocycles.